The van der Waals surface area contributed by atoms with Crippen molar-refractivity contribution in [3.63, 3.8) is 0 Å². The van der Waals surface area contributed by atoms with Crippen LogP contribution in [0.25, 0.3) is 0 Å². The Morgan fingerprint density at radius 2 is 2.20 bits per heavy atom. The molecule has 1 aliphatic rings. The summed E-state index contributed by atoms with van der Waals surface area (Å²) in [5.74, 6) is 0.464. The zero-order valence-corrected chi connectivity index (χ0v) is 13.3. The molecule has 0 saturated carbocycles. The highest BCUT2D eigenvalue weighted by Gasteiger charge is 2.25. The van der Waals surface area contributed by atoms with Gasteiger partial charge in [-0.1, -0.05) is 25.4 Å². The van der Waals surface area contributed by atoms with Gasteiger partial charge in [0.2, 0.25) is 0 Å². The summed E-state index contributed by atoms with van der Waals surface area (Å²) in [6.45, 7) is 9.37. The van der Waals surface area contributed by atoms with E-state index in [1.54, 1.807) is 12.1 Å². The lowest BCUT2D eigenvalue weighted by Crippen LogP contribution is -2.55. The number of nitrogens with one attached hydrogen (secondary N) is 1. The van der Waals surface area contributed by atoms with Crippen LogP contribution in [0.2, 0.25) is 5.02 Å². The predicted octanol–water partition coefficient (Wildman–Crippen LogP) is 3.69. The number of piperazine rings is 1. The maximum Gasteiger partial charge on any atom is 0.123 e. The first-order valence-corrected chi connectivity index (χ1v) is 7.75. The smallest absolute Gasteiger partial charge is 0.123 e. The number of rotatable bonds is 4. The zero-order chi connectivity index (χ0) is 14.7. The number of hydrogen-bond donors (Lipinski definition) is 1. The van der Waals surface area contributed by atoms with Gasteiger partial charge in [-0.2, -0.15) is 0 Å². The Labute approximate surface area is 126 Å². The summed E-state index contributed by atoms with van der Waals surface area (Å²) >= 11 is 6.17. The van der Waals surface area contributed by atoms with Crippen LogP contribution in [0.5, 0.6) is 0 Å². The quantitative estimate of drug-likeness (QED) is 0.912. The van der Waals surface area contributed by atoms with E-state index in [-0.39, 0.29) is 5.82 Å². The molecule has 0 aromatic heterocycles. The van der Waals surface area contributed by atoms with Crippen LogP contribution in [0.4, 0.5) is 4.39 Å². The summed E-state index contributed by atoms with van der Waals surface area (Å²) < 4.78 is 13.4. The molecule has 0 amide bonds. The van der Waals surface area contributed by atoms with E-state index in [4.69, 9.17) is 11.6 Å². The summed E-state index contributed by atoms with van der Waals surface area (Å²) in [4.78, 5) is 2.39. The lowest BCUT2D eigenvalue weighted by Gasteiger charge is -2.39. The molecule has 2 rings (SSSR count). The SMILES string of the molecule is CC(C)CC1CN(Cc2cc(F)ccc2Cl)C(C)CN1. The van der Waals surface area contributed by atoms with E-state index in [9.17, 15) is 4.39 Å². The average molecular weight is 299 g/mol. The van der Waals surface area contributed by atoms with Crippen LogP contribution in [-0.2, 0) is 6.54 Å². The summed E-state index contributed by atoms with van der Waals surface area (Å²) in [6, 6.07) is 5.56. The van der Waals surface area contributed by atoms with Gasteiger partial charge in [0.15, 0.2) is 0 Å². The Morgan fingerprint density at radius 1 is 1.45 bits per heavy atom. The molecular weight excluding hydrogens is 275 g/mol. The molecule has 0 spiro atoms. The van der Waals surface area contributed by atoms with Crippen LogP contribution in [-0.4, -0.2) is 30.1 Å². The predicted molar refractivity (Wildman–Crippen MR) is 82.5 cm³/mol. The number of halogens is 2. The molecule has 4 heteroatoms. The second-order valence-electron chi connectivity index (χ2n) is 6.25. The van der Waals surface area contributed by atoms with E-state index in [2.05, 4.69) is 31.0 Å². The molecular formula is C16H24ClFN2. The third-order valence-corrected chi connectivity index (χ3v) is 4.29. The summed E-state index contributed by atoms with van der Waals surface area (Å²) in [7, 11) is 0. The third-order valence-electron chi connectivity index (χ3n) is 3.92. The van der Waals surface area contributed by atoms with Crippen LogP contribution in [0.1, 0.15) is 32.8 Å². The van der Waals surface area contributed by atoms with Crippen LogP contribution >= 0.6 is 11.6 Å². The van der Waals surface area contributed by atoms with E-state index >= 15 is 0 Å². The number of benzene rings is 1. The van der Waals surface area contributed by atoms with E-state index in [0.717, 1.165) is 18.7 Å². The molecule has 1 aromatic rings. The second kappa shape index (κ2) is 6.88. The second-order valence-corrected chi connectivity index (χ2v) is 6.66. The van der Waals surface area contributed by atoms with Crippen molar-refractivity contribution in [1.82, 2.24) is 10.2 Å². The maximum atomic E-state index is 13.4. The first-order chi connectivity index (χ1) is 9.45. The molecule has 2 atom stereocenters. The lowest BCUT2D eigenvalue weighted by atomic mass is 9.99. The van der Waals surface area contributed by atoms with Crippen molar-refractivity contribution in [3.05, 3.63) is 34.6 Å². The van der Waals surface area contributed by atoms with Gasteiger partial charge in [-0.3, -0.25) is 4.90 Å². The van der Waals surface area contributed by atoms with Crippen molar-refractivity contribution < 1.29 is 4.39 Å². The topological polar surface area (TPSA) is 15.3 Å². The van der Waals surface area contributed by atoms with Crippen molar-refractivity contribution in [2.24, 2.45) is 5.92 Å². The summed E-state index contributed by atoms with van der Waals surface area (Å²) in [5, 5.41) is 4.24. The van der Waals surface area contributed by atoms with E-state index in [1.807, 2.05) is 0 Å². The molecule has 1 saturated heterocycles. The monoisotopic (exact) mass is 298 g/mol. The van der Waals surface area contributed by atoms with E-state index in [1.165, 1.54) is 12.5 Å². The Kier molecular flexibility index (Phi) is 5.42. The number of hydrogen-bond acceptors (Lipinski definition) is 2. The van der Waals surface area contributed by atoms with Gasteiger partial charge in [0.1, 0.15) is 5.82 Å². The minimum atomic E-state index is -0.217. The molecule has 1 fully saturated rings. The van der Waals surface area contributed by atoms with Crippen molar-refractivity contribution in [3.8, 4) is 0 Å². The molecule has 1 N–H and O–H groups in total. The van der Waals surface area contributed by atoms with Gasteiger partial charge >= 0.3 is 0 Å². The minimum Gasteiger partial charge on any atom is -0.311 e. The normalized spacial score (nSPS) is 24.3. The highest BCUT2D eigenvalue weighted by Crippen LogP contribution is 2.22. The first-order valence-electron chi connectivity index (χ1n) is 7.37. The Hall–Kier alpha value is -0.640. The van der Waals surface area contributed by atoms with Gasteiger partial charge in [0.25, 0.3) is 0 Å². The van der Waals surface area contributed by atoms with Crippen LogP contribution < -0.4 is 5.32 Å². The maximum absolute atomic E-state index is 13.4. The molecule has 0 bridgehead atoms. The Balaban J connectivity index is 2.04. The molecule has 2 unspecified atom stereocenters. The van der Waals surface area contributed by atoms with Crippen LogP contribution in [0.3, 0.4) is 0 Å². The fourth-order valence-electron chi connectivity index (χ4n) is 2.82. The van der Waals surface area contributed by atoms with Gasteiger partial charge in [0, 0.05) is 36.7 Å². The number of nitrogens with zero attached hydrogens (tertiary/aromatic N) is 1. The highest BCUT2D eigenvalue weighted by atomic mass is 35.5. The molecule has 112 valence electrons. The molecule has 0 radical (unpaired) electrons. The third kappa shape index (κ3) is 4.18. The molecule has 0 aliphatic carbocycles. The zero-order valence-electron chi connectivity index (χ0n) is 12.5. The Morgan fingerprint density at radius 3 is 2.90 bits per heavy atom. The molecule has 2 nitrogen and oxygen atoms in total. The summed E-state index contributed by atoms with van der Waals surface area (Å²) in [6.07, 6.45) is 1.17. The molecule has 1 aliphatic heterocycles. The van der Waals surface area contributed by atoms with Crippen molar-refractivity contribution >= 4 is 11.6 Å². The van der Waals surface area contributed by atoms with Crippen LogP contribution in [0, 0.1) is 11.7 Å². The molecule has 1 aromatic carbocycles. The minimum absolute atomic E-state index is 0.217. The fraction of sp³-hybridized carbons (Fsp3) is 0.625. The van der Waals surface area contributed by atoms with Gasteiger partial charge in [-0.15, -0.1) is 0 Å². The van der Waals surface area contributed by atoms with E-state index < -0.39 is 0 Å². The first kappa shape index (κ1) is 15.7. The van der Waals surface area contributed by atoms with Gasteiger partial charge in [-0.25, -0.2) is 4.39 Å². The van der Waals surface area contributed by atoms with Crippen molar-refractivity contribution in [1.29, 1.82) is 0 Å². The standard InChI is InChI=1S/C16H24ClFN2/c1-11(2)6-15-10-20(12(3)8-19-15)9-13-7-14(18)4-5-16(13)17/h4-5,7,11-12,15,19H,6,8-10H2,1-3H3. The van der Waals surface area contributed by atoms with E-state index in [0.29, 0.717) is 29.6 Å². The summed E-state index contributed by atoms with van der Waals surface area (Å²) in [5.41, 5.74) is 0.878. The largest absolute Gasteiger partial charge is 0.311 e. The highest BCUT2D eigenvalue weighted by molar-refractivity contribution is 6.31. The Bertz CT molecular complexity index is 450. The lowest BCUT2D eigenvalue weighted by molar-refractivity contribution is 0.124. The van der Waals surface area contributed by atoms with Gasteiger partial charge < -0.3 is 5.32 Å². The van der Waals surface area contributed by atoms with Crippen molar-refractivity contribution in [2.75, 3.05) is 13.1 Å². The van der Waals surface area contributed by atoms with Gasteiger partial charge in [0.05, 0.1) is 0 Å². The van der Waals surface area contributed by atoms with Crippen LogP contribution in [0.15, 0.2) is 18.2 Å². The fourth-order valence-corrected chi connectivity index (χ4v) is 3.00. The van der Waals surface area contributed by atoms with Crippen molar-refractivity contribution in [2.45, 2.75) is 45.8 Å². The molecule has 1 heterocycles. The molecule has 20 heavy (non-hydrogen) atoms. The van der Waals surface area contributed by atoms with Gasteiger partial charge in [-0.05, 0) is 43.0 Å². The average Bonchev–Trinajstić information content (AvgIpc) is 2.37.